The quantitative estimate of drug-likeness (QED) is 0.287. The van der Waals surface area contributed by atoms with Crippen molar-refractivity contribution in [2.24, 2.45) is 0 Å². The molecule has 4 aromatic rings. The van der Waals surface area contributed by atoms with Crippen LogP contribution < -0.4 is 4.74 Å². The number of hydrogen-bond donors (Lipinski definition) is 0. The highest BCUT2D eigenvalue weighted by atomic mass is 32.2. The summed E-state index contributed by atoms with van der Waals surface area (Å²) in [5, 5.41) is 17.6. The van der Waals surface area contributed by atoms with Crippen LogP contribution in [0.25, 0.3) is 11.5 Å². The number of aromatic nitrogens is 5. The van der Waals surface area contributed by atoms with Gasteiger partial charge in [0.2, 0.25) is 11.8 Å². The molecule has 0 bridgehead atoms. The molecule has 0 spiro atoms. The first-order valence-corrected chi connectivity index (χ1v) is 10.4. The summed E-state index contributed by atoms with van der Waals surface area (Å²) in [5.41, 5.74) is 2.04. The molecular weight excluding hydrogens is 398 g/mol. The van der Waals surface area contributed by atoms with Crippen molar-refractivity contribution in [3.8, 4) is 17.2 Å². The Labute approximate surface area is 178 Å². The minimum atomic E-state index is 0.323. The molecule has 7 nitrogen and oxygen atoms in total. The number of aryl methyl sites for hydroxylation is 1. The van der Waals surface area contributed by atoms with Gasteiger partial charge in [-0.15, -0.1) is 27.0 Å². The Morgan fingerprint density at radius 2 is 1.93 bits per heavy atom. The molecule has 2 aromatic heterocycles. The lowest BCUT2D eigenvalue weighted by Crippen LogP contribution is -2.07. The second-order valence-corrected chi connectivity index (χ2v) is 7.50. The molecule has 0 unspecified atom stereocenters. The average molecular weight is 420 g/mol. The smallest absolute Gasteiger partial charge is 0.247 e. The van der Waals surface area contributed by atoms with Crippen molar-refractivity contribution in [2.75, 3.05) is 0 Å². The van der Waals surface area contributed by atoms with Crippen LogP contribution in [0, 0.1) is 6.92 Å². The first kappa shape index (κ1) is 19.9. The summed E-state index contributed by atoms with van der Waals surface area (Å²) in [7, 11) is 0. The van der Waals surface area contributed by atoms with Gasteiger partial charge in [0.15, 0.2) is 11.0 Å². The van der Waals surface area contributed by atoms with Gasteiger partial charge in [-0.25, -0.2) is 0 Å². The predicted molar refractivity (Wildman–Crippen MR) is 115 cm³/mol. The Morgan fingerprint density at radius 1 is 1.07 bits per heavy atom. The maximum atomic E-state index is 5.88. The van der Waals surface area contributed by atoms with Gasteiger partial charge in [0.25, 0.3) is 0 Å². The van der Waals surface area contributed by atoms with E-state index in [2.05, 4.69) is 27.0 Å². The number of hydrogen-bond acceptors (Lipinski definition) is 7. The molecule has 152 valence electrons. The van der Waals surface area contributed by atoms with Gasteiger partial charge >= 0.3 is 0 Å². The van der Waals surface area contributed by atoms with Crippen LogP contribution in [-0.2, 0) is 18.9 Å². The fraction of sp³-hybridized carbons (Fsp3) is 0.182. The molecule has 0 saturated heterocycles. The van der Waals surface area contributed by atoms with Crippen LogP contribution >= 0.6 is 11.8 Å². The van der Waals surface area contributed by atoms with Crippen molar-refractivity contribution < 1.29 is 9.15 Å². The normalized spacial score (nSPS) is 10.8. The summed E-state index contributed by atoms with van der Waals surface area (Å²) in [5.74, 6) is 3.06. The van der Waals surface area contributed by atoms with Crippen LogP contribution in [0.4, 0.5) is 0 Å². The lowest BCUT2D eigenvalue weighted by Gasteiger charge is -2.09. The molecule has 0 aliphatic heterocycles. The topological polar surface area (TPSA) is 78.9 Å². The third-order valence-electron chi connectivity index (χ3n) is 4.27. The fourth-order valence-electron chi connectivity index (χ4n) is 2.83. The Balaban J connectivity index is 1.43. The summed E-state index contributed by atoms with van der Waals surface area (Å²) >= 11 is 1.48. The van der Waals surface area contributed by atoms with Crippen molar-refractivity contribution in [1.82, 2.24) is 25.0 Å². The van der Waals surface area contributed by atoms with Gasteiger partial charge in [-0.2, -0.15) is 0 Å². The van der Waals surface area contributed by atoms with E-state index in [0.29, 0.717) is 30.7 Å². The molecule has 0 aliphatic rings. The van der Waals surface area contributed by atoms with Crippen LogP contribution in [0.5, 0.6) is 5.75 Å². The zero-order valence-electron chi connectivity index (χ0n) is 16.6. The molecule has 0 N–H and O–H groups in total. The Bertz CT molecular complexity index is 1120. The highest BCUT2D eigenvalue weighted by Gasteiger charge is 2.15. The van der Waals surface area contributed by atoms with Crippen molar-refractivity contribution >= 4 is 11.8 Å². The highest BCUT2D eigenvalue weighted by molar-refractivity contribution is 7.98. The Kier molecular flexibility index (Phi) is 6.24. The molecule has 30 heavy (non-hydrogen) atoms. The van der Waals surface area contributed by atoms with Gasteiger partial charge in [-0.3, -0.25) is 4.57 Å². The van der Waals surface area contributed by atoms with E-state index in [9.17, 15) is 0 Å². The minimum Gasteiger partial charge on any atom is -0.486 e. The number of nitrogens with zero attached hydrogens (tertiary/aromatic N) is 5. The lowest BCUT2D eigenvalue weighted by molar-refractivity contribution is 0.289. The maximum Gasteiger partial charge on any atom is 0.247 e. The predicted octanol–water partition coefficient (Wildman–Crippen LogP) is 4.69. The average Bonchev–Trinajstić information content (AvgIpc) is 3.39. The lowest BCUT2D eigenvalue weighted by atomic mass is 10.2. The number of allylic oxidation sites excluding steroid dienone is 1. The van der Waals surface area contributed by atoms with Crippen LogP contribution in [0.3, 0.4) is 0 Å². The second-order valence-electron chi connectivity index (χ2n) is 6.56. The fourth-order valence-corrected chi connectivity index (χ4v) is 3.64. The highest BCUT2D eigenvalue weighted by Crippen LogP contribution is 2.24. The van der Waals surface area contributed by atoms with E-state index in [1.807, 2.05) is 72.2 Å². The molecule has 0 aliphatic carbocycles. The summed E-state index contributed by atoms with van der Waals surface area (Å²) in [4.78, 5) is 0. The number of thioether (sulfide) groups is 1. The van der Waals surface area contributed by atoms with Crippen LogP contribution in [0.2, 0.25) is 0 Å². The standard InChI is InChI=1S/C22H21N5O2S/c1-3-12-27-19(14-28-18-11-7-8-16(2)13-18)23-26-22(27)30-15-20-24-25-21(29-20)17-9-5-4-6-10-17/h3-11,13H,1,12,14-15H2,2H3. The van der Waals surface area contributed by atoms with Gasteiger partial charge < -0.3 is 9.15 Å². The maximum absolute atomic E-state index is 5.88. The van der Waals surface area contributed by atoms with E-state index >= 15 is 0 Å². The largest absolute Gasteiger partial charge is 0.486 e. The molecule has 0 fully saturated rings. The molecule has 0 radical (unpaired) electrons. The molecule has 2 aromatic carbocycles. The number of rotatable bonds is 9. The Morgan fingerprint density at radius 3 is 2.73 bits per heavy atom. The molecular formula is C22H21N5O2S. The van der Waals surface area contributed by atoms with Gasteiger partial charge in [0, 0.05) is 12.1 Å². The van der Waals surface area contributed by atoms with Crippen molar-refractivity contribution in [1.29, 1.82) is 0 Å². The van der Waals surface area contributed by atoms with Crippen LogP contribution in [0.1, 0.15) is 17.3 Å². The third kappa shape index (κ3) is 4.77. The zero-order valence-corrected chi connectivity index (χ0v) is 17.4. The molecule has 0 amide bonds. The molecule has 4 rings (SSSR count). The van der Waals surface area contributed by atoms with Crippen molar-refractivity contribution in [3.05, 3.63) is 84.5 Å². The van der Waals surface area contributed by atoms with Gasteiger partial charge in [0.1, 0.15) is 12.4 Å². The molecule has 8 heteroatoms. The summed E-state index contributed by atoms with van der Waals surface area (Å²) in [6.45, 7) is 6.77. The minimum absolute atomic E-state index is 0.323. The SMILES string of the molecule is C=CCn1c(COc2cccc(C)c2)nnc1SCc1nnc(-c2ccccc2)o1. The van der Waals surface area contributed by atoms with Gasteiger partial charge in [-0.05, 0) is 36.8 Å². The molecule has 0 saturated carbocycles. The van der Waals surface area contributed by atoms with Crippen molar-refractivity contribution in [2.45, 2.75) is 31.0 Å². The first-order valence-electron chi connectivity index (χ1n) is 9.46. The summed E-state index contributed by atoms with van der Waals surface area (Å²) < 4.78 is 13.6. The number of benzene rings is 2. The third-order valence-corrected chi connectivity index (χ3v) is 5.23. The van der Waals surface area contributed by atoms with E-state index in [0.717, 1.165) is 27.9 Å². The van der Waals surface area contributed by atoms with Crippen LogP contribution in [0.15, 0.2) is 76.8 Å². The van der Waals surface area contributed by atoms with E-state index in [-0.39, 0.29) is 0 Å². The second kappa shape index (κ2) is 9.41. The van der Waals surface area contributed by atoms with E-state index in [1.54, 1.807) is 0 Å². The summed E-state index contributed by atoms with van der Waals surface area (Å²) in [6, 6.07) is 17.6. The van der Waals surface area contributed by atoms with Gasteiger partial charge in [-0.1, -0.05) is 48.2 Å². The van der Waals surface area contributed by atoms with Crippen molar-refractivity contribution in [3.63, 3.8) is 0 Å². The van der Waals surface area contributed by atoms with E-state index < -0.39 is 0 Å². The first-order chi connectivity index (χ1) is 14.7. The zero-order chi connectivity index (χ0) is 20.8. The number of ether oxygens (including phenoxy) is 1. The Hall–Kier alpha value is -3.39. The monoisotopic (exact) mass is 419 g/mol. The molecule has 2 heterocycles. The van der Waals surface area contributed by atoms with E-state index in [1.165, 1.54) is 11.8 Å². The van der Waals surface area contributed by atoms with Gasteiger partial charge in [0.05, 0.1) is 5.75 Å². The van der Waals surface area contributed by atoms with Crippen LogP contribution in [-0.4, -0.2) is 25.0 Å². The van der Waals surface area contributed by atoms with E-state index in [4.69, 9.17) is 9.15 Å². The summed E-state index contributed by atoms with van der Waals surface area (Å²) in [6.07, 6.45) is 1.81. The molecule has 0 atom stereocenters.